The normalized spacial score (nSPS) is 21.9. The molecule has 0 saturated carbocycles. The first-order chi connectivity index (χ1) is 12.2. The van der Waals surface area contributed by atoms with Crippen LogP contribution in [-0.2, 0) is 26.2 Å². The number of carboxylic acid groups (broad SMARTS) is 2. The molecule has 2 aliphatic heterocycles. The number of aromatic nitrogens is 1. The first-order valence-electron chi connectivity index (χ1n) is 7.99. The van der Waals surface area contributed by atoms with Crippen molar-refractivity contribution in [2.45, 2.75) is 18.9 Å². The number of piperidine rings is 1. The second-order valence-corrected chi connectivity index (χ2v) is 8.32. The van der Waals surface area contributed by atoms with E-state index in [2.05, 4.69) is 0 Å². The van der Waals surface area contributed by atoms with Crippen LogP contribution < -0.4 is 11.3 Å². The lowest BCUT2D eigenvalue weighted by atomic mass is 9.84. The minimum Gasteiger partial charge on any atom is -0.473 e. The Labute approximate surface area is 149 Å². The molecule has 2 bridgehead atoms. The molecule has 26 heavy (non-hydrogen) atoms. The minimum absolute atomic E-state index is 0.00592. The van der Waals surface area contributed by atoms with Crippen molar-refractivity contribution < 1.29 is 28.2 Å². The highest BCUT2D eigenvalue weighted by Gasteiger charge is 2.38. The van der Waals surface area contributed by atoms with Crippen molar-refractivity contribution in [1.82, 2.24) is 8.87 Å². The Morgan fingerprint density at radius 2 is 1.81 bits per heavy atom. The summed E-state index contributed by atoms with van der Waals surface area (Å²) in [6.45, 7) is 1.71. The van der Waals surface area contributed by atoms with Gasteiger partial charge in [0.15, 0.2) is 0 Å². The highest BCUT2D eigenvalue weighted by atomic mass is 32.2. The molecule has 10 nitrogen and oxygen atoms in total. The number of hydrogen-bond acceptors (Lipinski definition) is 6. The molecule has 1 unspecified atom stereocenters. The second-order valence-electron chi connectivity index (χ2n) is 6.23. The number of hydrogen-bond donors (Lipinski definition) is 3. The number of fused-ring (bicyclic) bond motifs is 4. The molecular weight excluding hydrogens is 366 g/mol. The third-order valence-corrected chi connectivity index (χ3v) is 6.23. The van der Waals surface area contributed by atoms with Crippen molar-refractivity contribution in [2.24, 2.45) is 11.7 Å². The van der Waals surface area contributed by atoms with E-state index in [9.17, 15) is 13.2 Å². The summed E-state index contributed by atoms with van der Waals surface area (Å²) in [6, 6.07) is 5.25. The van der Waals surface area contributed by atoms with Gasteiger partial charge in [-0.15, -0.1) is 0 Å². The SMILES string of the molecule is NCCS(=O)(=O)N1CC2C[C@H](C1)Cn1c2cccc1=O.O=C(O)C(=O)O. The van der Waals surface area contributed by atoms with Crippen molar-refractivity contribution in [1.29, 1.82) is 0 Å². The van der Waals surface area contributed by atoms with Crippen molar-refractivity contribution >= 4 is 22.0 Å². The maximum absolute atomic E-state index is 12.2. The summed E-state index contributed by atoms with van der Waals surface area (Å²) >= 11 is 0. The van der Waals surface area contributed by atoms with E-state index in [1.165, 1.54) is 0 Å². The Morgan fingerprint density at radius 1 is 1.15 bits per heavy atom. The van der Waals surface area contributed by atoms with Gasteiger partial charge >= 0.3 is 11.9 Å². The highest BCUT2D eigenvalue weighted by Crippen LogP contribution is 2.35. The molecule has 2 atom stereocenters. The zero-order valence-corrected chi connectivity index (χ0v) is 14.8. The molecule has 3 heterocycles. The highest BCUT2D eigenvalue weighted by molar-refractivity contribution is 7.89. The zero-order chi connectivity index (χ0) is 19.5. The predicted molar refractivity (Wildman–Crippen MR) is 91.2 cm³/mol. The van der Waals surface area contributed by atoms with Gasteiger partial charge in [-0.3, -0.25) is 4.79 Å². The molecule has 1 aromatic heterocycles. The summed E-state index contributed by atoms with van der Waals surface area (Å²) in [5.41, 5.74) is 6.35. The minimum atomic E-state index is -3.27. The van der Waals surface area contributed by atoms with Crippen LogP contribution in [0.15, 0.2) is 23.0 Å². The average Bonchev–Trinajstić information content (AvgIpc) is 2.56. The molecule has 144 valence electrons. The van der Waals surface area contributed by atoms with E-state index in [-0.39, 0.29) is 29.7 Å². The van der Waals surface area contributed by atoms with E-state index in [1.54, 1.807) is 21.0 Å². The molecule has 0 radical (unpaired) electrons. The predicted octanol–water partition coefficient (Wildman–Crippen LogP) is -1.29. The molecule has 2 aliphatic rings. The van der Waals surface area contributed by atoms with Gasteiger partial charge < -0.3 is 20.5 Å². The fourth-order valence-electron chi connectivity index (χ4n) is 3.36. The van der Waals surface area contributed by atoms with Crippen LogP contribution in [0, 0.1) is 5.92 Å². The van der Waals surface area contributed by atoms with Gasteiger partial charge in [0.1, 0.15) is 0 Å². The largest absolute Gasteiger partial charge is 0.473 e. The molecule has 1 fully saturated rings. The first-order valence-corrected chi connectivity index (χ1v) is 9.60. The third-order valence-electron chi connectivity index (χ3n) is 4.40. The van der Waals surface area contributed by atoms with Crippen LogP contribution in [0.2, 0.25) is 0 Å². The van der Waals surface area contributed by atoms with Crippen LogP contribution in [-0.4, -0.2) is 64.8 Å². The first kappa shape index (κ1) is 20.1. The summed E-state index contributed by atoms with van der Waals surface area (Å²) in [7, 11) is -3.27. The van der Waals surface area contributed by atoms with Crippen LogP contribution in [0.1, 0.15) is 18.0 Å². The fourth-order valence-corrected chi connectivity index (χ4v) is 4.76. The van der Waals surface area contributed by atoms with E-state index in [4.69, 9.17) is 25.5 Å². The number of carboxylic acids is 2. The molecule has 3 rings (SSSR count). The molecule has 0 aromatic carbocycles. The van der Waals surface area contributed by atoms with Crippen LogP contribution in [0.25, 0.3) is 0 Å². The molecular formula is C15H21N3O7S. The van der Waals surface area contributed by atoms with E-state index in [0.717, 1.165) is 12.1 Å². The number of nitrogens with two attached hydrogens (primary N) is 1. The van der Waals surface area contributed by atoms with Crippen LogP contribution in [0.3, 0.4) is 0 Å². The Morgan fingerprint density at radius 3 is 2.38 bits per heavy atom. The number of sulfonamides is 1. The standard InChI is InChI=1S/C13H19N3O3S.C2H2O4/c14-4-5-20(18,19)15-7-10-6-11(9-15)12-2-1-3-13(17)16(12)8-10;3-1(4)2(5)6/h1-3,10-11H,4-9,14H2;(H,3,4)(H,5,6)/t10-,11?;/m1./s1. The molecule has 11 heteroatoms. The molecule has 4 N–H and O–H groups in total. The van der Waals surface area contributed by atoms with Crippen molar-refractivity contribution in [3.8, 4) is 0 Å². The third kappa shape index (κ3) is 4.48. The maximum atomic E-state index is 12.2. The van der Waals surface area contributed by atoms with Crippen molar-refractivity contribution in [3.05, 3.63) is 34.2 Å². The Kier molecular flexibility index (Phi) is 6.16. The molecule has 1 saturated heterocycles. The number of rotatable bonds is 3. The smallest absolute Gasteiger partial charge is 0.414 e. The lowest BCUT2D eigenvalue weighted by Gasteiger charge is -2.42. The summed E-state index contributed by atoms with van der Waals surface area (Å²) in [4.78, 5) is 30.1. The van der Waals surface area contributed by atoms with Crippen LogP contribution >= 0.6 is 0 Å². The number of aliphatic carboxylic acids is 2. The molecule has 0 aliphatic carbocycles. The van der Waals surface area contributed by atoms with Crippen LogP contribution in [0.4, 0.5) is 0 Å². The van der Waals surface area contributed by atoms with Gasteiger partial charge in [-0.2, -0.15) is 0 Å². The van der Waals surface area contributed by atoms with Crippen molar-refractivity contribution in [3.63, 3.8) is 0 Å². The molecule has 1 aromatic rings. The van der Waals surface area contributed by atoms with E-state index < -0.39 is 22.0 Å². The Bertz CT molecular complexity index is 837. The van der Waals surface area contributed by atoms with E-state index >= 15 is 0 Å². The van der Waals surface area contributed by atoms with E-state index in [0.29, 0.717) is 19.6 Å². The quantitative estimate of drug-likeness (QED) is 0.540. The Hall–Kier alpha value is -2.24. The summed E-state index contributed by atoms with van der Waals surface area (Å²) < 4.78 is 27.7. The summed E-state index contributed by atoms with van der Waals surface area (Å²) in [5.74, 6) is -3.32. The Balaban J connectivity index is 0.000000352. The number of pyridine rings is 1. The lowest BCUT2D eigenvalue weighted by molar-refractivity contribution is -0.159. The summed E-state index contributed by atoms with van der Waals surface area (Å²) in [6.07, 6.45) is 0.956. The maximum Gasteiger partial charge on any atom is 0.414 e. The van der Waals surface area contributed by atoms with E-state index in [1.807, 2.05) is 6.07 Å². The monoisotopic (exact) mass is 387 g/mol. The van der Waals surface area contributed by atoms with Gasteiger partial charge in [0, 0.05) is 43.9 Å². The molecule has 0 spiro atoms. The number of nitrogens with zero attached hydrogens (tertiary/aromatic N) is 2. The van der Waals surface area contributed by atoms with Gasteiger partial charge in [0.25, 0.3) is 5.56 Å². The topological polar surface area (TPSA) is 160 Å². The second kappa shape index (κ2) is 7.98. The molecule has 0 amide bonds. The van der Waals surface area contributed by atoms with Gasteiger partial charge in [-0.1, -0.05) is 6.07 Å². The zero-order valence-electron chi connectivity index (χ0n) is 13.9. The fraction of sp³-hybridized carbons (Fsp3) is 0.533. The van der Waals surface area contributed by atoms with Gasteiger partial charge in [0.2, 0.25) is 10.0 Å². The number of carbonyl (C=O) groups is 2. The van der Waals surface area contributed by atoms with Gasteiger partial charge in [0.05, 0.1) is 5.75 Å². The van der Waals surface area contributed by atoms with Gasteiger partial charge in [-0.25, -0.2) is 22.3 Å². The van der Waals surface area contributed by atoms with Gasteiger partial charge in [-0.05, 0) is 18.4 Å². The average molecular weight is 387 g/mol. The lowest BCUT2D eigenvalue weighted by Crippen LogP contribution is -2.50. The van der Waals surface area contributed by atoms with Crippen molar-refractivity contribution in [2.75, 3.05) is 25.4 Å². The van der Waals surface area contributed by atoms with Crippen LogP contribution in [0.5, 0.6) is 0 Å². The summed E-state index contributed by atoms with van der Waals surface area (Å²) in [5, 5.41) is 14.8.